The quantitative estimate of drug-likeness (QED) is 0.724. The van der Waals surface area contributed by atoms with Gasteiger partial charge in [-0.25, -0.2) is 4.39 Å². The maximum Gasteiger partial charge on any atom is 0.300 e. The van der Waals surface area contributed by atoms with Gasteiger partial charge in [-0.15, -0.1) is 0 Å². The van der Waals surface area contributed by atoms with E-state index in [1.165, 1.54) is 12.1 Å². The van der Waals surface area contributed by atoms with Crippen molar-refractivity contribution < 1.29 is 13.9 Å². The van der Waals surface area contributed by atoms with Crippen LogP contribution in [0.25, 0.3) is 11.1 Å². The van der Waals surface area contributed by atoms with Crippen LogP contribution >= 0.6 is 0 Å². The van der Waals surface area contributed by atoms with Crippen LogP contribution in [0.15, 0.2) is 59.5 Å². The number of rotatable bonds is 4. The van der Waals surface area contributed by atoms with Crippen molar-refractivity contribution in [3.8, 4) is 22.9 Å². The summed E-state index contributed by atoms with van der Waals surface area (Å²) >= 11 is 0. The molecule has 0 saturated heterocycles. The standard InChI is InChI=1S/C20H17FN2O3/c1-13-2-7-17(18(21)10-13)14-3-5-15(6-4-14)25-12-16-11-23-9-8-19(24)22-20(23)26-16/h2-10,16H,11-12H2,1H3/t16-/m0/s1. The largest absolute Gasteiger partial charge is 0.490 e. The van der Waals surface area contributed by atoms with Crippen molar-refractivity contribution in [2.75, 3.05) is 6.61 Å². The van der Waals surface area contributed by atoms with Crippen LogP contribution in [0.5, 0.6) is 11.8 Å². The van der Waals surface area contributed by atoms with Crippen molar-refractivity contribution in [3.05, 3.63) is 76.5 Å². The molecule has 0 unspecified atom stereocenters. The van der Waals surface area contributed by atoms with Crippen molar-refractivity contribution in [2.24, 2.45) is 0 Å². The summed E-state index contributed by atoms with van der Waals surface area (Å²) in [7, 11) is 0. The van der Waals surface area contributed by atoms with Crippen LogP contribution in [-0.2, 0) is 6.54 Å². The van der Waals surface area contributed by atoms with Crippen LogP contribution in [0.3, 0.4) is 0 Å². The van der Waals surface area contributed by atoms with Gasteiger partial charge in [-0.05, 0) is 36.2 Å². The second kappa shape index (κ2) is 6.63. The van der Waals surface area contributed by atoms with E-state index in [-0.39, 0.29) is 17.5 Å². The van der Waals surface area contributed by atoms with E-state index in [2.05, 4.69) is 4.98 Å². The van der Waals surface area contributed by atoms with Gasteiger partial charge in [0.05, 0.1) is 6.54 Å². The van der Waals surface area contributed by atoms with Gasteiger partial charge in [0.1, 0.15) is 18.2 Å². The first-order chi connectivity index (χ1) is 12.6. The second-order valence-electron chi connectivity index (χ2n) is 6.26. The van der Waals surface area contributed by atoms with Gasteiger partial charge in [-0.1, -0.05) is 24.3 Å². The van der Waals surface area contributed by atoms with Crippen LogP contribution in [0.1, 0.15) is 5.56 Å². The molecule has 1 atom stereocenters. The molecular weight excluding hydrogens is 335 g/mol. The molecule has 0 spiro atoms. The lowest BCUT2D eigenvalue weighted by molar-refractivity contribution is 0.143. The van der Waals surface area contributed by atoms with Crippen LogP contribution in [0.2, 0.25) is 0 Å². The Morgan fingerprint density at radius 2 is 2.04 bits per heavy atom. The highest BCUT2D eigenvalue weighted by Crippen LogP contribution is 2.26. The molecule has 2 aromatic carbocycles. The summed E-state index contributed by atoms with van der Waals surface area (Å²) in [6.07, 6.45) is 1.45. The molecular formula is C20H17FN2O3. The Balaban J connectivity index is 1.40. The molecule has 0 aliphatic carbocycles. The predicted octanol–water partition coefficient (Wildman–Crippen LogP) is 3.20. The van der Waals surface area contributed by atoms with Crippen LogP contribution in [-0.4, -0.2) is 22.3 Å². The molecule has 1 aliphatic rings. The van der Waals surface area contributed by atoms with Crippen molar-refractivity contribution >= 4 is 0 Å². The second-order valence-corrected chi connectivity index (χ2v) is 6.26. The van der Waals surface area contributed by atoms with E-state index >= 15 is 0 Å². The summed E-state index contributed by atoms with van der Waals surface area (Å²) in [5, 5.41) is 0. The van der Waals surface area contributed by atoms with E-state index < -0.39 is 0 Å². The molecule has 1 aliphatic heterocycles. The highest BCUT2D eigenvalue weighted by atomic mass is 19.1. The third-order valence-electron chi connectivity index (χ3n) is 4.25. The van der Waals surface area contributed by atoms with E-state index in [0.717, 1.165) is 11.1 Å². The van der Waals surface area contributed by atoms with Gasteiger partial charge >= 0.3 is 0 Å². The van der Waals surface area contributed by atoms with Gasteiger partial charge in [0.2, 0.25) is 0 Å². The molecule has 0 saturated carbocycles. The Kier molecular flexibility index (Phi) is 4.16. The van der Waals surface area contributed by atoms with Gasteiger partial charge in [0, 0.05) is 17.8 Å². The monoisotopic (exact) mass is 352 g/mol. The summed E-state index contributed by atoms with van der Waals surface area (Å²) in [6, 6.07) is 14.2. The minimum absolute atomic E-state index is 0.210. The van der Waals surface area contributed by atoms with Gasteiger partial charge in [0.25, 0.3) is 11.6 Å². The number of nitrogens with zero attached hydrogens (tertiary/aromatic N) is 2. The number of halogens is 1. The Hall–Kier alpha value is -3.15. The Morgan fingerprint density at radius 3 is 2.81 bits per heavy atom. The third-order valence-corrected chi connectivity index (χ3v) is 4.25. The highest BCUT2D eigenvalue weighted by Gasteiger charge is 2.23. The maximum absolute atomic E-state index is 14.1. The van der Waals surface area contributed by atoms with E-state index in [4.69, 9.17) is 9.47 Å². The molecule has 0 radical (unpaired) electrons. The molecule has 4 rings (SSSR count). The van der Waals surface area contributed by atoms with Crippen LogP contribution in [0.4, 0.5) is 4.39 Å². The van der Waals surface area contributed by atoms with Crippen molar-refractivity contribution in [3.63, 3.8) is 0 Å². The predicted molar refractivity (Wildman–Crippen MR) is 95.0 cm³/mol. The summed E-state index contributed by atoms with van der Waals surface area (Å²) in [5.41, 5.74) is 1.92. The van der Waals surface area contributed by atoms with Gasteiger partial charge in [0.15, 0.2) is 6.10 Å². The first-order valence-corrected chi connectivity index (χ1v) is 8.32. The van der Waals surface area contributed by atoms with Crippen molar-refractivity contribution in [1.29, 1.82) is 0 Å². The van der Waals surface area contributed by atoms with Crippen LogP contribution in [0, 0.1) is 12.7 Å². The Labute approximate surface area is 149 Å². The molecule has 2 heterocycles. The summed E-state index contributed by atoms with van der Waals surface area (Å²) in [4.78, 5) is 15.1. The SMILES string of the molecule is Cc1ccc(-c2ccc(OC[C@@H]3Cn4ccc(=O)nc4O3)cc2)c(F)c1. The third kappa shape index (κ3) is 3.31. The van der Waals surface area contributed by atoms with Crippen molar-refractivity contribution in [1.82, 2.24) is 9.55 Å². The fraction of sp³-hybridized carbons (Fsp3) is 0.200. The molecule has 3 aromatic rings. The van der Waals surface area contributed by atoms with E-state index in [9.17, 15) is 9.18 Å². The van der Waals surface area contributed by atoms with E-state index in [1.54, 1.807) is 29.0 Å². The first-order valence-electron chi connectivity index (χ1n) is 8.32. The Bertz CT molecular complexity index is 999. The zero-order valence-corrected chi connectivity index (χ0v) is 14.2. The molecule has 132 valence electrons. The number of aryl methyl sites for hydroxylation is 1. The van der Waals surface area contributed by atoms with Gasteiger partial charge < -0.3 is 9.47 Å². The maximum atomic E-state index is 14.1. The lowest BCUT2D eigenvalue weighted by atomic mass is 10.0. The summed E-state index contributed by atoms with van der Waals surface area (Å²) in [6.45, 7) is 2.77. The molecule has 6 heteroatoms. The average molecular weight is 352 g/mol. The fourth-order valence-corrected chi connectivity index (χ4v) is 2.91. The molecule has 0 amide bonds. The minimum atomic E-state index is -0.322. The van der Waals surface area contributed by atoms with E-state index in [0.29, 0.717) is 30.5 Å². The molecule has 5 nitrogen and oxygen atoms in total. The fourth-order valence-electron chi connectivity index (χ4n) is 2.91. The minimum Gasteiger partial charge on any atom is -0.490 e. The number of ether oxygens (including phenoxy) is 2. The van der Waals surface area contributed by atoms with Gasteiger partial charge in [-0.3, -0.25) is 9.36 Å². The number of hydrogen-bond acceptors (Lipinski definition) is 4. The average Bonchev–Trinajstić information content (AvgIpc) is 3.02. The lowest BCUT2D eigenvalue weighted by Crippen LogP contribution is -2.23. The molecule has 26 heavy (non-hydrogen) atoms. The smallest absolute Gasteiger partial charge is 0.300 e. The lowest BCUT2D eigenvalue weighted by Gasteiger charge is -2.12. The zero-order chi connectivity index (χ0) is 18.1. The topological polar surface area (TPSA) is 53.4 Å². The van der Waals surface area contributed by atoms with E-state index in [1.807, 2.05) is 25.1 Å². The summed E-state index contributed by atoms with van der Waals surface area (Å²) in [5.74, 6) is 0.432. The molecule has 0 fully saturated rings. The normalized spacial score (nSPS) is 15.4. The number of hydrogen-bond donors (Lipinski definition) is 0. The zero-order valence-electron chi connectivity index (χ0n) is 14.2. The van der Waals surface area contributed by atoms with Crippen LogP contribution < -0.4 is 15.0 Å². The highest BCUT2D eigenvalue weighted by molar-refractivity contribution is 5.65. The summed E-state index contributed by atoms with van der Waals surface area (Å²) < 4.78 is 27.2. The number of aromatic nitrogens is 2. The molecule has 0 bridgehead atoms. The first kappa shape index (κ1) is 16.3. The van der Waals surface area contributed by atoms with Crippen molar-refractivity contribution in [2.45, 2.75) is 19.6 Å². The van der Waals surface area contributed by atoms with Gasteiger partial charge in [-0.2, -0.15) is 4.98 Å². The molecule has 0 N–H and O–H groups in total. The Morgan fingerprint density at radius 1 is 1.23 bits per heavy atom. The number of benzene rings is 2. The number of fused-ring (bicyclic) bond motifs is 1. The molecule has 1 aromatic heterocycles.